The highest BCUT2D eigenvalue weighted by molar-refractivity contribution is 6.01. The van der Waals surface area contributed by atoms with Gasteiger partial charge in [0.1, 0.15) is 11.5 Å². The van der Waals surface area contributed by atoms with E-state index in [4.69, 9.17) is 4.74 Å². The first-order valence-corrected chi connectivity index (χ1v) is 7.91. The van der Waals surface area contributed by atoms with E-state index in [0.717, 1.165) is 11.3 Å². The number of benzene rings is 2. The Hall–Kier alpha value is -3.34. The third kappa shape index (κ3) is 4.81. The summed E-state index contributed by atoms with van der Waals surface area (Å²) in [5.41, 5.74) is 2.77. The van der Waals surface area contributed by atoms with E-state index in [1.807, 2.05) is 56.6 Å². The molecule has 25 heavy (non-hydrogen) atoms. The Morgan fingerprint density at radius 2 is 1.72 bits per heavy atom. The van der Waals surface area contributed by atoms with E-state index < -0.39 is 0 Å². The number of hydrogen-bond donors (Lipinski definition) is 1. The zero-order valence-electron chi connectivity index (χ0n) is 14.1. The summed E-state index contributed by atoms with van der Waals surface area (Å²) in [6.45, 7) is 2.03. The number of carbonyl (C=O) groups is 1. The zero-order chi connectivity index (χ0) is 17.6. The van der Waals surface area contributed by atoms with Crippen LogP contribution in [0.4, 0.5) is 5.69 Å². The number of aromatic nitrogens is 2. The largest absolute Gasteiger partial charge is 0.457 e. The van der Waals surface area contributed by atoms with Crippen LogP contribution < -0.4 is 10.1 Å². The summed E-state index contributed by atoms with van der Waals surface area (Å²) in [6, 6.07) is 15.1. The molecule has 0 saturated carbocycles. The van der Waals surface area contributed by atoms with Gasteiger partial charge in [-0.1, -0.05) is 17.7 Å². The predicted octanol–water partition coefficient (Wildman–Crippen LogP) is 4.17. The third-order valence-electron chi connectivity index (χ3n) is 3.53. The van der Waals surface area contributed by atoms with Gasteiger partial charge in [-0.2, -0.15) is 5.10 Å². The van der Waals surface area contributed by atoms with E-state index in [0.29, 0.717) is 11.4 Å². The van der Waals surface area contributed by atoms with E-state index in [1.165, 1.54) is 11.6 Å². The first-order valence-electron chi connectivity index (χ1n) is 7.91. The molecule has 0 bridgehead atoms. The van der Waals surface area contributed by atoms with Gasteiger partial charge in [-0.15, -0.1) is 0 Å². The molecule has 5 nitrogen and oxygen atoms in total. The lowest BCUT2D eigenvalue weighted by Crippen LogP contribution is -2.07. The second-order valence-electron chi connectivity index (χ2n) is 5.71. The number of anilines is 1. The lowest BCUT2D eigenvalue weighted by molar-refractivity contribution is -0.111. The van der Waals surface area contributed by atoms with Gasteiger partial charge in [-0.25, -0.2) is 0 Å². The number of rotatable bonds is 5. The number of nitrogens with one attached hydrogen (secondary N) is 1. The maximum atomic E-state index is 11.9. The summed E-state index contributed by atoms with van der Waals surface area (Å²) in [4.78, 5) is 11.9. The van der Waals surface area contributed by atoms with E-state index in [1.54, 1.807) is 29.1 Å². The summed E-state index contributed by atoms with van der Waals surface area (Å²) < 4.78 is 7.45. The Labute approximate surface area is 146 Å². The van der Waals surface area contributed by atoms with Gasteiger partial charge >= 0.3 is 0 Å². The molecule has 0 unspecified atom stereocenters. The molecule has 0 radical (unpaired) electrons. The maximum Gasteiger partial charge on any atom is 0.248 e. The van der Waals surface area contributed by atoms with Crippen LogP contribution in [-0.2, 0) is 11.8 Å². The fraction of sp³-hybridized carbons (Fsp3) is 0.100. The molecular formula is C20H19N3O2. The van der Waals surface area contributed by atoms with Crippen molar-refractivity contribution < 1.29 is 9.53 Å². The predicted molar refractivity (Wildman–Crippen MR) is 98.6 cm³/mol. The Bertz CT molecular complexity index is 878. The van der Waals surface area contributed by atoms with Gasteiger partial charge in [-0.05, 0) is 49.4 Å². The van der Waals surface area contributed by atoms with Crippen LogP contribution in [0.5, 0.6) is 11.5 Å². The van der Waals surface area contributed by atoms with Crippen molar-refractivity contribution in [3.05, 3.63) is 78.1 Å². The van der Waals surface area contributed by atoms with Gasteiger partial charge in [-0.3, -0.25) is 9.48 Å². The number of hydrogen-bond acceptors (Lipinski definition) is 3. The van der Waals surface area contributed by atoms with Crippen LogP contribution in [-0.4, -0.2) is 15.7 Å². The first kappa shape index (κ1) is 16.5. The molecule has 0 aliphatic carbocycles. The molecular weight excluding hydrogens is 314 g/mol. The average molecular weight is 333 g/mol. The van der Waals surface area contributed by atoms with Crippen molar-refractivity contribution in [3.63, 3.8) is 0 Å². The summed E-state index contributed by atoms with van der Waals surface area (Å²) >= 11 is 0. The molecule has 126 valence electrons. The molecule has 1 N–H and O–H groups in total. The third-order valence-corrected chi connectivity index (χ3v) is 3.53. The molecule has 5 heteroatoms. The van der Waals surface area contributed by atoms with E-state index in [9.17, 15) is 4.79 Å². The van der Waals surface area contributed by atoms with Gasteiger partial charge in [0.25, 0.3) is 0 Å². The normalized spacial score (nSPS) is 10.8. The highest BCUT2D eigenvalue weighted by atomic mass is 16.5. The number of aryl methyl sites for hydroxylation is 2. The fourth-order valence-electron chi connectivity index (χ4n) is 2.23. The Morgan fingerprint density at radius 1 is 1.08 bits per heavy atom. The SMILES string of the molecule is Cc1ccc(Oc2ccc(NC(=O)/C=C/c3cnn(C)c3)cc2)cc1. The smallest absolute Gasteiger partial charge is 0.248 e. The standard InChI is InChI=1S/C20H19N3O2/c1-15-3-8-18(9-4-15)25-19-10-6-17(7-11-19)22-20(24)12-5-16-13-21-23(2)14-16/h3-14H,1-2H3,(H,22,24)/b12-5+. The minimum absolute atomic E-state index is 0.198. The summed E-state index contributed by atoms with van der Waals surface area (Å²) in [6.07, 6.45) is 6.73. The quantitative estimate of drug-likeness (QED) is 0.713. The van der Waals surface area contributed by atoms with Gasteiger partial charge in [0.05, 0.1) is 6.20 Å². The molecule has 0 spiro atoms. The minimum Gasteiger partial charge on any atom is -0.457 e. The second kappa shape index (κ2) is 7.49. The molecule has 0 aliphatic rings. The molecule has 0 saturated heterocycles. The van der Waals surface area contributed by atoms with Crippen molar-refractivity contribution in [3.8, 4) is 11.5 Å². The van der Waals surface area contributed by atoms with Crippen molar-refractivity contribution in [2.24, 2.45) is 7.05 Å². The first-order chi connectivity index (χ1) is 12.1. The van der Waals surface area contributed by atoms with Crippen molar-refractivity contribution in [2.45, 2.75) is 6.92 Å². The van der Waals surface area contributed by atoms with Crippen LogP contribution in [0, 0.1) is 6.92 Å². The summed E-state index contributed by atoms with van der Waals surface area (Å²) in [5, 5.41) is 6.86. The van der Waals surface area contributed by atoms with Crippen LogP contribution in [0.15, 0.2) is 67.0 Å². The Balaban J connectivity index is 1.57. The van der Waals surface area contributed by atoms with Crippen molar-refractivity contribution in [1.29, 1.82) is 0 Å². The summed E-state index contributed by atoms with van der Waals surface area (Å²) in [7, 11) is 1.83. The molecule has 1 amide bonds. The van der Waals surface area contributed by atoms with E-state index >= 15 is 0 Å². The number of ether oxygens (including phenoxy) is 1. The highest BCUT2D eigenvalue weighted by Crippen LogP contribution is 2.23. The Kier molecular flexibility index (Phi) is 4.95. The molecule has 1 heterocycles. The van der Waals surface area contributed by atoms with Crippen molar-refractivity contribution in [1.82, 2.24) is 9.78 Å². The maximum absolute atomic E-state index is 11.9. The van der Waals surface area contributed by atoms with Gasteiger partial charge in [0.2, 0.25) is 5.91 Å². The van der Waals surface area contributed by atoms with Crippen molar-refractivity contribution in [2.75, 3.05) is 5.32 Å². The van der Waals surface area contributed by atoms with Gasteiger partial charge < -0.3 is 10.1 Å². The molecule has 3 aromatic rings. The molecule has 0 atom stereocenters. The minimum atomic E-state index is -0.198. The van der Waals surface area contributed by atoms with Crippen molar-refractivity contribution >= 4 is 17.7 Å². The van der Waals surface area contributed by atoms with Gasteiger partial charge in [0.15, 0.2) is 0 Å². The molecule has 1 aromatic heterocycles. The monoisotopic (exact) mass is 333 g/mol. The van der Waals surface area contributed by atoms with Gasteiger partial charge in [0, 0.05) is 30.6 Å². The van der Waals surface area contributed by atoms with E-state index in [-0.39, 0.29) is 5.91 Å². The lowest BCUT2D eigenvalue weighted by atomic mass is 10.2. The van der Waals surface area contributed by atoms with Crippen LogP contribution >= 0.6 is 0 Å². The average Bonchev–Trinajstić information content (AvgIpc) is 3.02. The Morgan fingerprint density at radius 3 is 2.32 bits per heavy atom. The van der Waals surface area contributed by atoms with E-state index in [2.05, 4.69) is 10.4 Å². The van der Waals surface area contributed by atoms with Crippen LogP contribution in [0.2, 0.25) is 0 Å². The van der Waals surface area contributed by atoms with Crippen LogP contribution in [0.3, 0.4) is 0 Å². The molecule has 2 aromatic carbocycles. The number of nitrogens with zero attached hydrogens (tertiary/aromatic N) is 2. The fourth-order valence-corrected chi connectivity index (χ4v) is 2.23. The van der Waals surface area contributed by atoms with Crippen LogP contribution in [0.1, 0.15) is 11.1 Å². The zero-order valence-corrected chi connectivity index (χ0v) is 14.1. The summed E-state index contributed by atoms with van der Waals surface area (Å²) in [5.74, 6) is 1.30. The molecule has 3 rings (SSSR count). The highest BCUT2D eigenvalue weighted by Gasteiger charge is 2.01. The van der Waals surface area contributed by atoms with Crippen LogP contribution in [0.25, 0.3) is 6.08 Å². The number of amides is 1. The lowest BCUT2D eigenvalue weighted by Gasteiger charge is -2.07. The molecule has 0 aliphatic heterocycles. The molecule has 0 fully saturated rings. The topological polar surface area (TPSA) is 56.1 Å². The second-order valence-corrected chi connectivity index (χ2v) is 5.71. The number of carbonyl (C=O) groups excluding carboxylic acids is 1.